The SMILES string of the molecule is CC(C)Cn1nccc1NC(=O)c1ccc(NC(=O)Nc2ccccc2)cc1. The monoisotopic (exact) mass is 377 g/mol. The average Bonchev–Trinajstić information content (AvgIpc) is 3.09. The van der Waals surface area contributed by atoms with Crippen LogP contribution in [-0.4, -0.2) is 21.7 Å². The van der Waals surface area contributed by atoms with E-state index in [1.807, 2.05) is 18.2 Å². The number of hydrogen-bond donors (Lipinski definition) is 3. The van der Waals surface area contributed by atoms with E-state index in [1.165, 1.54) is 0 Å². The van der Waals surface area contributed by atoms with Gasteiger partial charge in [-0.05, 0) is 42.3 Å². The van der Waals surface area contributed by atoms with Gasteiger partial charge in [0.2, 0.25) is 0 Å². The Morgan fingerprint density at radius 1 is 0.893 bits per heavy atom. The third kappa shape index (κ3) is 5.20. The fourth-order valence-corrected chi connectivity index (χ4v) is 2.64. The van der Waals surface area contributed by atoms with E-state index < -0.39 is 0 Å². The Morgan fingerprint density at radius 2 is 1.54 bits per heavy atom. The number of benzene rings is 2. The molecule has 3 aromatic rings. The molecule has 144 valence electrons. The zero-order valence-electron chi connectivity index (χ0n) is 15.8. The minimum atomic E-state index is -0.346. The Balaban J connectivity index is 1.58. The molecule has 0 aliphatic rings. The highest BCUT2D eigenvalue weighted by Gasteiger charge is 2.11. The van der Waals surface area contributed by atoms with Crippen LogP contribution in [0.3, 0.4) is 0 Å². The van der Waals surface area contributed by atoms with Crippen molar-refractivity contribution in [1.29, 1.82) is 0 Å². The first-order valence-corrected chi connectivity index (χ1v) is 9.07. The number of para-hydroxylation sites is 1. The van der Waals surface area contributed by atoms with Crippen LogP contribution in [0.15, 0.2) is 66.9 Å². The highest BCUT2D eigenvalue weighted by Crippen LogP contribution is 2.14. The number of aromatic nitrogens is 2. The molecule has 0 saturated carbocycles. The first kappa shape index (κ1) is 19.2. The van der Waals surface area contributed by atoms with Gasteiger partial charge in [-0.15, -0.1) is 0 Å². The Morgan fingerprint density at radius 3 is 2.18 bits per heavy atom. The van der Waals surface area contributed by atoms with Crippen molar-refractivity contribution in [2.24, 2.45) is 5.92 Å². The zero-order chi connectivity index (χ0) is 19.9. The lowest BCUT2D eigenvalue weighted by molar-refractivity contribution is 0.102. The number of urea groups is 1. The van der Waals surface area contributed by atoms with Crippen molar-refractivity contribution < 1.29 is 9.59 Å². The van der Waals surface area contributed by atoms with E-state index in [0.717, 1.165) is 6.54 Å². The Hall–Kier alpha value is -3.61. The lowest BCUT2D eigenvalue weighted by Gasteiger charge is -2.11. The van der Waals surface area contributed by atoms with E-state index in [9.17, 15) is 9.59 Å². The molecule has 2 aromatic carbocycles. The molecule has 1 aromatic heterocycles. The number of nitrogens with one attached hydrogen (secondary N) is 3. The van der Waals surface area contributed by atoms with Crippen LogP contribution < -0.4 is 16.0 Å². The van der Waals surface area contributed by atoms with Gasteiger partial charge in [0.1, 0.15) is 5.82 Å². The minimum absolute atomic E-state index is 0.231. The largest absolute Gasteiger partial charge is 0.323 e. The molecule has 0 saturated heterocycles. The molecule has 0 bridgehead atoms. The molecule has 0 aliphatic heterocycles. The summed E-state index contributed by atoms with van der Waals surface area (Å²) in [6.45, 7) is 4.90. The topological polar surface area (TPSA) is 88.1 Å². The summed E-state index contributed by atoms with van der Waals surface area (Å²) >= 11 is 0. The first-order chi connectivity index (χ1) is 13.5. The third-order valence-corrected chi connectivity index (χ3v) is 3.93. The summed E-state index contributed by atoms with van der Waals surface area (Å²) in [6.07, 6.45) is 1.66. The second-order valence-electron chi connectivity index (χ2n) is 6.77. The molecule has 7 nitrogen and oxygen atoms in total. The van der Waals surface area contributed by atoms with Crippen LogP contribution >= 0.6 is 0 Å². The van der Waals surface area contributed by atoms with E-state index in [-0.39, 0.29) is 11.9 Å². The molecule has 0 unspecified atom stereocenters. The van der Waals surface area contributed by atoms with Gasteiger partial charge in [0.05, 0.1) is 6.20 Å². The molecule has 7 heteroatoms. The van der Waals surface area contributed by atoms with Crippen molar-refractivity contribution in [2.45, 2.75) is 20.4 Å². The van der Waals surface area contributed by atoms with Gasteiger partial charge in [0.25, 0.3) is 5.91 Å². The normalized spacial score (nSPS) is 10.5. The van der Waals surface area contributed by atoms with E-state index in [2.05, 4.69) is 34.9 Å². The maximum absolute atomic E-state index is 12.5. The molecule has 0 atom stereocenters. The quantitative estimate of drug-likeness (QED) is 0.593. The summed E-state index contributed by atoms with van der Waals surface area (Å²) in [7, 11) is 0. The van der Waals surface area contributed by atoms with Crippen molar-refractivity contribution >= 4 is 29.1 Å². The van der Waals surface area contributed by atoms with E-state index >= 15 is 0 Å². The maximum Gasteiger partial charge on any atom is 0.323 e. The Kier molecular flexibility index (Phi) is 6.06. The smallest absolute Gasteiger partial charge is 0.308 e. The van der Waals surface area contributed by atoms with E-state index in [4.69, 9.17) is 0 Å². The highest BCUT2D eigenvalue weighted by atomic mass is 16.2. The summed E-state index contributed by atoms with van der Waals surface area (Å²) < 4.78 is 1.77. The lowest BCUT2D eigenvalue weighted by Crippen LogP contribution is -2.19. The van der Waals surface area contributed by atoms with Gasteiger partial charge in [-0.1, -0.05) is 32.0 Å². The molecule has 0 aliphatic carbocycles. The summed E-state index contributed by atoms with van der Waals surface area (Å²) in [5.41, 5.74) is 1.79. The van der Waals surface area contributed by atoms with Gasteiger partial charge in [-0.3, -0.25) is 4.79 Å². The number of carbonyl (C=O) groups excluding carboxylic acids is 2. The van der Waals surface area contributed by atoms with Crippen molar-refractivity contribution in [1.82, 2.24) is 9.78 Å². The summed E-state index contributed by atoms with van der Waals surface area (Å²) in [4.78, 5) is 24.5. The van der Waals surface area contributed by atoms with Crippen LogP contribution in [0.4, 0.5) is 22.0 Å². The molecule has 0 radical (unpaired) electrons. The van der Waals surface area contributed by atoms with Gasteiger partial charge in [-0.25, -0.2) is 9.48 Å². The molecule has 3 amide bonds. The van der Waals surface area contributed by atoms with Crippen LogP contribution in [0.25, 0.3) is 0 Å². The molecule has 0 spiro atoms. The van der Waals surface area contributed by atoms with Crippen LogP contribution in [0, 0.1) is 5.92 Å². The summed E-state index contributed by atoms with van der Waals surface area (Å²) in [5, 5.41) is 12.6. The second-order valence-corrected chi connectivity index (χ2v) is 6.77. The van der Waals surface area contributed by atoms with Gasteiger partial charge < -0.3 is 16.0 Å². The van der Waals surface area contributed by atoms with E-state index in [0.29, 0.717) is 28.7 Å². The van der Waals surface area contributed by atoms with E-state index in [1.54, 1.807) is 53.3 Å². The molecular weight excluding hydrogens is 354 g/mol. The number of anilines is 3. The first-order valence-electron chi connectivity index (χ1n) is 9.07. The summed E-state index contributed by atoms with van der Waals surface area (Å²) in [6, 6.07) is 17.3. The fraction of sp³-hybridized carbons (Fsp3) is 0.190. The van der Waals surface area contributed by atoms with Crippen molar-refractivity contribution in [3.05, 3.63) is 72.4 Å². The number of amides is 3. The van der Waals surface area contributed by atoms with Crippen LogP contribution in [0.2, 0.25) is 0 Å². The Labute approximate surface area is 163 Å². The molecule has 3 rings (SSSR count). The standard InChI is InChI=1S/C21H23N5O2/c1-15(2)14-26-19(12-13-22-26)25-20(27)16-8-10-18(11-9-16)24-21(28)23-17-6-4-3-5-7-17/h3-13,15H,14H2,1-2H3,(H,25,27)(H2,23,24,28). The molecule has 0 fully saturated rings. The van der Waals surface area contributed by atoms with Gasteiger partial charge in [-0.2, -0.15) is 5.10 Å². The van der Waals surface area contributed by atoms with Crippen LogP contribution in [-0.2, 0) is 6.54 Å². The maximum atomic E-state index is 12.5. The molecule has 28 heavy (non-hydrogen) atoms. The number of carbonyl (C=O) groups is 2. The number of rotatable bonds is 6. The van der Waals surface area contributed by atoms with Crippen molar-refractivity contribution in [2.75, 3.05) is 16.0 Å². The molecular formula is C21H23N5O2. The predicted octanol–water partition coefficient (Wildman–Crippen LogP) is 4.44. The van der Waals surface area contributed by atoms with Gasteiger partial charge in [0, 0.05) is 29.5 Å². The third-order valence-electron chi connectivity index (χ3n) is 3.93. The van der Waals surface area contributed by atoms with Gasteiger partial charge >= 0.3 is 6.03 Å². The number of nitrogens with zero attached hydrogens (tertiary/aromatic N) is 2. The van der Waals surface area contributed by atoms with Crippen LogP contribution in [0.5, 0.6) is 0 Å². The minimum Gasteiger partial charge on any atom is -0.308 e. The van der Waals surface area contributed by atoms with Gasteiger partial charge in [0.15, 0.2) is 0 Å². The second kappa shape index (κ2) is 8.85. The number of hydrogen-bond acceptors (Lipinski definition) is 3. The zero-order valence-corrected chi connectivity index (χ0v) is 15.8. The van der Waals surface area contributed by atoms with Crippen LogP contribution in [0.1, 0.15) is 24.2 Å². The Bertz CT molecular complexity index is 933. The van der Waals surface area contributed by atoms with Crippen molar-refractivity contribution in [3.63, 3.8) is 0 Å². The lowest BCUT2D eigenvalue weighted by atomic mass is 10.2. The highest BCUT2D eigenvalue weighted by molar-refractivity contribution is 6.04. The average molecular weight is 377 g/mol. The summed E-state index contributed by atoms with van der Waals surface area (Å²) in [5.74, 6) is 0.844. The molecule has 3 N–H and O–H groups in total. The molecule has 1 heterocycles. The predicted molar refractivity (Wildman–Crippen MR) is 111 cm³/mol. The van der Waals surface area contributed by atoms with Crippen molar-refractivity contribution in [3.8, 4) is 0 Å². The fourth-order valence-electron chi connectivity index (χ4n) is 2.64.